The molecule has 0 spiro atoms. The Morgan fingerprint density at radius 2 is 1.60 bits per heavy atom. The minimum absolute atomic E-state index is 0.192. The molecule has 1 atom stereocenters. The molecule has 0 fully saturated rings. The SMILES string of the molecule is Cc1ccc(C(N)C(=O)Nc2cc(C)ccc2C)cc1. The van der Waals surface area contributed by atoms with Crippen molar-refractivity contribution in [1.82, 2.24) is 0 Å². The molecule has 3 nitrogen and oxygen atoms in total. The minimum Gasteiger partial charge on any atom is -0.324 e. The van der Waals surface area contributed by atoms with E-state index in [0.717, 1.165) is 27.9 Å². The van der Waals surface area contributed by atoms with Gasteiger partial charge in [-0.2, -0.15) is 0 Å². The van der Waals surface area contributed by atoms with Crippen LogP contribution in [0.15, 0.2) is 42.5 Å². The monoisotopic (exact) mass is 268 g/mol. The van der Waals surface area contributed by atoms with Crippen molar-refractivity contribution in [1.29, 1.82) is 0 Å². The number of nitrogens with one attached hydrogen (secondary N) is 1. The van der Waals surface area contributed by atoms with Crippen LogP contribution in [0.5, 0.6) is 0 Å². The van der Waals surface area contributed by atoms with Gasteiger partial charge in [-0.25, -0.2) is 0 Å². The van der Waals surface area contributed by atoms with E-state index in [4.69, 9.17) is 5.73 Å². The van der Waals surface area contributed by atoms with Gasteiger partial charge in [-0.3, -0.25) is 4.79 Å². The van der Waals surface area contributed by atoms with Crippen molar-refractivity contribution in [2.75, 3.05) is 5.32 Å². The Balaban J connectivity index is 2.15. The standard InChI is InChI=1S/C17H20N2O/c1-11-5-8-14(9-6-11)16(18)17(20)19-15-10-12(2)4-7-13(15)3/h4-10,16H,18H2,1-3H3,(H,19,20). The molecule has 2 rings (SSSR count). The largest absolute Gasteiger partial charge is 0.324 e. The lowest BCUT2D eigenvalue weighted by Gasteiger charge is -2.14. The van der Waals surface area contributed by atoms with Gasteiger partial charge in [0.1, 0.15) is 6.04 Å². The zero-order valence-electron chi connectivity index (χ0n) is 12.1. The van der Waals surface area contributed by atoms with Gasteiger partial charge in [-0.05, 0) is 43.5 Å². The number of hydrogen-bond acceptors (Lipinski definition) is 2. The smallest absolute Gasteiger partial charge is 0.245 e. The summed E-state index contributed by atoms with van der Waals surface area (Å²) in [6.45, 7) is 5.97. The molecule has 3 N–H and O–H groups in total. The number of hydrogen-bond donors (Lipinski definition) is 2. The number of nitrogens with two attached hydrogens (primary N) is 1. The number of anilines is 1. The molecule has 1 unspecified atom stereocenters. The maximum absolute atomic E-state index is 12.2. The zero-order valence-corrected chi connectivity index (χ0v) is 12.1. The average molecular weight is 268 g/mol. The highest BCUT2D eigenvalue weighted by Gasteiger charge is 2.16. The lowest BCUT2D eigenvalue weighted by Crippen LogP contribution is -2.28. The fourth-order valence-corrected chi connectivity index (χ4v) is 2.01. The summed E-state index contributed by atoms with van der Waals surface area (Å²) in [5.41, 5.74) is 10.9. The minimum atomic E-state index is -0.657. The molecule has 104 valence electrons. The van der Waals surface area contributed by atoms with Crippen LogP contribution in [0.1, 0.15) is 28.3 Å². The van der Waals surface area contributed by atoms with Crippen molar-refractivity contribution in [2.24, 2.45) is 5.73 Å². The lowest BCUT2D eigenvalue weighted by atomic mass is 10.0. The Morgan fingerprint density at radius 1 is 1.00 bits per heavy atom. The van der Waals surface area contributed by atoms with Gasteiger partial charge in [0.25, 0.3) is 0 Å². The Hall–Kier alpha value is -2.13. The predicted octanol–water partition coefficient (Wildman–Crippen LogP) is 3.25. The van der Waals surface area contributed by atoms with E-state index < -0.39 is 6.04 Å². The summed E-state index contributed by atoms with van der Waals surface area (Å²) in [5, 5.41) is 2.90. The van der Waals surface area contributed by atoms with Gasteiger partial charge in [0.15, 0.2) is 0 Å². The first kappa shape index (κ1) is 14.3. The molecular weight excluding hydrogens is 248 g/mol. The summed E-state index contributed by atoms with van der Waals surface area (Å²) >= 11 is 0. The first-order valence-corrected chi connectivity index (χ1v) is 6.67. The van der Waals surface area contributed by atoms with Gasteiger partial charge >= 0.3 is 0 Å². The molecule has 3 heteroatoms. The van der Waals surface area contributed by atoms with Crippen LogP contribution in [0.3, 0.4) is 0 Å². The molecule has 0 saturated heterocycles. The summed E-state index contributed by atoms with van der Waals surface area (Å²) < 4.78 is 0. The summed E-state index contributed by atoms with van der Waals surface area (Å²) in [7, 11) is 0. The quantitative estimate of drug-likeness (QED) is 0.897. The topological polar surface area (TPSA) is 55.1 Å². The third-order valence-electron chi connectivity index (χ3n) is 3.37. The Kier molecular flexibility index (Phi) is 4.20. The molecule has 0 aliphatic heterocycles. The molecule has 20 heavy (non-hydrogen) atoms. The summed E-state index contributed by atoms with van der Waals surface area (Å²) in [6, 6.07) is 13.0. The van der Waals surface area contributed by atoms with E-state index >= 15 is 0 Å². The van der Waals surface area contributed by atoms with Gasteiger partial charge in [0.2, 0.25) is 5.91 Å². The Bertz CT molecular complexity index is 617. The second-order valence-corrected chi connectivity index (χ2v) is 5.20. The van der Waals surface area contributed by atoms with Gasteiger partial charge in [0.05, 0.1) is 0 Å². The molecule has 0 aliphatic carbocycles. The Morgan fingerprint density at radius 3 is 2.25 bits per heavy atom. The van der Waals surface area contributed by atoms with Crippen LogP contribution in [0, 0.1) is 20.8 Å². The lowest BCUT2D eigenvalue weighted by molar-refractivity contribution is -0.117. The highest BCUT2D eigenvalue weighted by atomic mass is 16.2. The number of rotatable bonds is 3. The van der Waals surface area contributed by atoms with E-state index in [0.29, 0.717) is 0 Å². The predicted molar refractivity (Wildman–Crippen MR) is 82.7 cm³/mol. The summed E-state index contributed by atoms with van der Waals surface area (Å²) in [5.74, 6) is -0.192. The summed E-state index contributed by atoms with van der Waals surface area (Å²) in [4.78, 5) is 12.2. The van der Waals surface area contributed by atoms with E-state index in [1.54, 1.807) is 0 Å². The van der Waals surface area contributed by atoms with Crippen molar-refractivity contribution in [3.8, 4) is 0 Å². The second kappa shape index (κ2) is 5.88. The van der Waals surface area contributed by atoms with E-state index in [1.807, 2.05) is 63.2 Å². The summed E-state index contributed by atoms with van der Waals surface area (Å²) in [6.07, 6.45) is 0. The van der Waals surface area contributed by atoms with Crippen LogP contribution in [0.2, 0.25) is 0 Å². The van der Waals surface area contributed by atoms with Crippen LogP contribution >= 0.6 is 0 Å². The molecule has 0 aliphatic rings. The van der Waals surface area contributed by atoms with Crippen LogP contribution in [0.4, 0.5) is 5.69 Å². The normalized spacial score (nSPS) is 12.0. The first-order chi connectivity index (χ1) is 9.47. The maximum atomic E-state index is 12.2. The first-order valence-electron chi connectivity index (χ1n) is 6.67. The molecule has 2 aromatic carbocycles. The van der Waals surface area contributed by atoms with Crippen molar-refractivity contribution in [3.05, 3.63) is 64.7 Å². The van der Waals surface area contributed by atoms with E-state index in [1.165, 1.54) is 0 Å². The van der Waals surface area contributed by atoms with Crippen LogP contribution in [-0.4, -0.2) is 5.91 Å². The number of carbonyl (C=O) groups excluding carboxylic acids is 1. The zero-order chi connectivity index (χ0) is 14.7. The second-order valence-electron chi connectivity index (χ2n) is 5.20. The van der Waals surface area contributed by atoms with E-state index in [-0.39, 0.29) is 5.91 Å². The van der Waals surface area contributed by atoms with Gasteiger partial charge < -0.3 is 11.1 Å². The fraction of sp³-hybridized carbons (Fsp3) is 0.235. The fourth-order valence-electron chi connectivity index (χ4n) is 2.01. The number of carbonyl (C=O) groups is 1. The molecule has 0 aromatic heterocycles. The molecule has 0 heterocycles. The van der Waals surface area contributed by atoms with Crippen molar-refractivity contribution in [2.45, 2.75) is 26.8 Å². The third-order valence-corrected chi connectivity index (χ3v) is 3.37. The number of amides is 1. The van der Waals surface area contributed by atoms with Crippen LogP contribution in [-0.2, 0) is 4.79 Å². The number of aryl methyl sites for hydroxylation is 3. The maximum Gasteiger partial charge on any atom is 0.245 e. The van der Waals surface area contributed by atoms with E-state index in [2.05, 4.69) is 5.32 Å². The highest BCUT2D eigenvalue weighted by molar-refractivity contribution is 5.96. The molecule has 0 bridgehead atoms. The molecule has 1 amide bonds. The van der Waals surface area contributed by atoms with Crippen molar-refractivity contribution < 1.29 is 4.79 Å². The molecule has 0 radical (unpaired) electrons. The number of benzene rings is 2. The van der Waals surface area contributed by atoms with Gasteiger partial charge in [-0.15, -0.1) is 0 Å². The molecule has 0 saturated carbocycles. The van der Waals surface area contributed by atoms with E-state index in [9.17, 15) is 4.79 Å². The average Bonchev–Trinajstić information content (AvgIpc) is 2.43. The van der Waals surface area contributed by atoms with Crippen LogP contribution in [0.25, 0.3) is 0 Å². The molecular formula is C17H20N2O. The third kappa shape index (κ3) is 3.25. The van der Waals surface area contributed by atoms with Gasteiger partial charge in [-0.1, -0.05) is 42.0 Å². The van der Waals surface area contributed by atoms with Crippen molar-refractivity contribution in [3.63, 3.8) is 0 Å². The van der Waals surface area contributed by atoms with Gasteiger partial charge in [0, 0.05) is 5.69 Å². The Labute approximate surface area is 119 Å². The van der Waals surface area contributed by atoms with Crippen molar-refractivity contribution >= 4 is 11.6 Å². The van der Waals surface area contributed by atoms with Crippen LogP contribution < -0.4 is 11.1 Å². The highest BCUT2D eigenvalue weighted by Crippen LogP contribution is 2.19. The molecule has 2 aromatic rings.